The van der Waals surface area contributed by atoms with E-state index in [2.05, 4.69) is 162 Å². The molecule has 2 heterocycles. The summed E-state index contributed by atoms with van der Waals surface area (Å²) in [6, 6.07) is 56.4. The standard InChI is InChI=1S/C40H28N2S/c1-5-13-28(14-6-1)34-23-35(29-15-7-2-8-16-29)25-36(24-34)32-21-22-33-27-43-40-41-38(30-17-9-3-10-18-30)39(42(40)37(33)26-32)31-19-11-4-12-20-31/h1-26H,27H2. The lowest BCUT2D eigenvalue weighted by Gasteiger charge is -2.22. The van der Waals surface area contributed by atoms with Crippen LogP contribution in [0.2, 0.25) is 0 Å². The number of aromatic nitrogens is 2. The molecule has 6 aromatic carbocycles. The highest BCUT2D eigenvalue weighted by atomic mass is 32.2. The topological polar surface area (TPSA) is 17.8 Å². The molecule has 3 heteroatoms. The fourth-order valence-electron chi connectivity index (χ4n) is 5.98. The fourth-order valence-corrected chi connectivity index (χ4v) is 6.99. The Bertz CT molecular complexity index is 1990. The number of hydrogen-bond donors (Lipinski definition) is 0. The van der Waals surface area contributed by atoms with Gasteiger partial charge < -0.3 is 0 Å². The van der Waals surface area contributed by atoms with E-state index in [4.69, 9.17) is 4.98 Å². The largest absolute Gasteiger partial charge is 0.286 e. The zero-order valence-corrected chi connectivity index (χ0v) is 24.3. The van der Waals surface area contributed by atoms with E-state index in [1.54, 1.807) is 0 Å². The molecule has 204 valence electrons. The van der Waals surface area contributed by atoms with Crippen LogP contribution in [0, 0.1) is 0 Å². The van der Waals surface area contributed by atoms with Crippen LogP contribution in [0.5, 0.6) is 0 Å². The summed E-state index contributed by atoms with van der Waals surface area (Å²) in [7, 11) is 0. The quantitative estimate of drug-likeness (QED) is 0.206. The van der Waals surface area contributed by atoms with Gasteiger partial charge in [-0.1, -0.05) is 145 Å². The smallest absolute Gasteiger partial charge is 0.174 e. The Morgan fingerprint density at radius 3 is 1.49 bits per heavy atom. The SMILES string of the molecule is c1ccc(-c2cc(-c3ccccc3)cc(-c3ccc4c(c3)-n3c(nc(-c5ccccc5)c3-c3ccccc3)SC4)c2)cc1. The van der Waals surface area contributed by atoms with Crippen LogP contribution >= 0.6 is 11.8 Å². The van der Waals surface area contributed by atoms with Crippen LogP contribution in [0.15, 0.2) is 163 Å². The summed E-state index contributed by atoms with van der Waals surface area (Å²) in [6.07, 6.45) is 0. The second kappa shape index (κ2) is 10.9. The molecule has 7 aromatic rings. The van der Waals surface area contributed by atoms with Crippen LogP contribution in [-0.2, 0) is 5.75 Å². The Hall–Kier alpha value is -5.12. The Balaban J connectivity index is 1.33. The molecule has 1 aliphatic rings. The highest BCUT2D eigenvalue weighted by molar-refractivity contribution is 7.98. The van der Waals surface area contributed by atoms with Gasteiger partial charge >= 0.3 is 0 Å². The normalized spacial score (nSPS) is 12.0. The maximum Gasteiger partial charge on any atom is 0.174 e. The van der Waals surface area contributed by atoms with Crippen molar-refractivity contribution in [2.45, 2.75) is 10.9 Å². The van der Waals surface area contributed by atoms with Gasteiger partial charge in [-0.2, -0.15) is 0 Å². The summed E-state index contributed by atoms with van der Waals surface area (Å²) in [4.78, 5) is 5.23. The third-order valence-corrected chi connectivity index (χ3v) is 9.09. The van der Waals surface area contributed by atoms with Crippen molar-refractivity contribution < 1.29 is 0 Å². The summed E-state index contributed by atoms with van der Waals surface area (Å²) in [6.45, 7) is 0. The van der Waals surface area contributed by atoms with E-state index >= 15 is 0 Å². The van der Waals surface area contributed by atoms with Crippen molar-refractivity contribution in [2.75, 3.05) is 0 Å². The average molecular weight is 569 g/mol. The van der Waals surface area contributed by atoms with Gasteiger partial charge in [0.05, 0.1) is 17.1 Å². The van der Waals surface area contributed by atoms with E-state index in [1.807, 2.05) is 11.8 Å². The van der Waals surface area contributed by atoms with Gasteiger partial charge in [0.25, 0.3) is 0 Å². The summed E-state index contributed by atoms with van der Waals surface area (Å²) < 4.78 is 2.38. The average Bonchev–Trinajstić information content (AvgIpc) is 3.50. The number of benzene rings is 6. The summed E-state index contributed by atoms with van der Waals surface area (Å²) in [5, 5.41) is 1.03. The lowest BCUT2D eigenvalue weighted by Crippen LogP contribution is -2.07. The number of rotatable bonds is 5. The zero-order valence-electron chi connectivity index (χ0n) is 23.5. The van der Waals surface area contributed by atoms with E-state index in [9.17, 15) is 0 Å². The van der Waals surface area contributed by atoms with Crippen molar-refractivity contribution >= 4 is 11.8 Å². The molecule has 0 N–H and O–H groups in total. The van der Waals surface area contributed by atoms with Crippen LogP contribution in [0.3, 0.4) is 0 Å². The van der Waals surface area contributed by atoms with Gasteiger partial charge in [-0.25, -0.2) is 4.98 Å². The van der Waals surface area contributed by atoms with Crippen LogP contribution < -0.4 is 0 Å². The predicted octanol–water partition coefficient (Wildman–Crippen LogP) is 10.8. The number of nitrogens with zero attached hydrogens (tertiary/aromatic N) is 2. The molecule has 0 saturated carbocycles. The molecule has 0 saturated heterocycles. The van der Waals surface area contributed by atoms with Crippen molar-refractivity contribution in [1.29, 1.82) is 0 Å². The first-order chi connectivity index (χ1) is 21.3. The van der Waals surface area contributed by atoms with Crippen molar-refractivity contribution in [2.24, 2.45) is 0 Å². The molecule has 0 amide bonds. The minimum Gasteiger partial charge on any atom is -0.286 e. The molecule has 1 aromatic heterocycles. The molecule has 0 atom stereocenters. The monoisotopic (exact) mass is 568 g/mol. The van der Waals surface area contributed by atoms with E-state index in [1.165, 1.54) is 44.6 Å². The minimum absolute atomic E-state index is 0.897. The second-order valence-electron chi connectivity index (χ2n) is 10.8. The summed E-state index contributed by atoms with van der Waals surface area (Å²) >= 11 is 1.81. The van der Waals surface area contributed by atoms with Crippen LogP contribution in [0.1, 0.15) is 5.56 Å². The van der Waals surface area contributed by atoms with Gasteiger partial charge in [0.1, 0.15) is 0 Å². The molecule has 0 radical (unpaired) electrons. The molecule has 0 bridgehead atoms. The van der Waals surface area contributed by atoms with Gasteiger partial charge in [-0.15, -0.1) is 0 Å². The maximum atomic E-state index is 5.23. The summed E-state index contributed by atoms with van der Waals surface area (Å²) in [5.74, 6) is 0.897. The Morgan fingerprint density at radius 2 is 0.930 bits per heavy atom. The lowest BCUT2D eigenvalue weighted by atomic mass is 9.92. The fraction of sp³-hybridized carbons (Fsp3) is 0.0250. The molecular formula is C40H28N2S. The van der Waals surface area contributed by atoms with E-state index in [0.29, 0.717) is 0 Å². The molecule has 0 aliphatic carbocycles. The first kappa shape index (κ1) is 25.6. The molecule has 0 unspecified atom stereocenters. The third-order valence-electron chi connectivity index (χ3n) is 8.10. The van der Waals surface area contributed by atoms with Gasteiger partial charge in [0.2, 0.25) is 0 Å². The second-order valence-corrected chi connectivity index (χ2v) is 11.8. The molecule has 2 nitrogen and oxygen atoms in total. The molecule has 0 fully saturated rings. The Labute approximate surface area is 256 Å². The third kappa shape index (κ3) is 4.78. The number of hydrogen-bond acceptors (Lipinski definition) is 2. The molecule has 1 aliphatic heterocycles. The van der Waals surface area contributed by atoms with E-state index in [-0.39, 0.29) is 0 Å². The highest BCUT2D eigenvalue weighted by Crippen LogP contribution is 2.44. The first-order valence-corrected chi connectivity index (χ1v) is 15.6. The van der Waals surface area contributed by atoms with Gasteiger partial charge in [-0.3, -0.25) is 4.57 Å². The van der Waals surface area contributed by atoms with Crippen LogP contribution in [0.4, 0.5) is 0 Å². The van der Waals surface area contributed by atoms with Crippen molar-refractivity contribution in [3.8, 4) is 61.6 Å². The number of imidazole rings is 1. The number of thioether (sulfide) groups is 1. The van der Waals surface area contributed by atoms with Gasteiger partial charge in [-0.05, 0) is 63.2 Å². The van der Waals surface area contributed by atoms with Crippen molar-refractivity contribution in [3.63, 3.8) is 0 Å². The van der Waals surface area contributed by atoms with E-state index < -0.39 is 0 Å². The van der Waals surface area contributed by atoms with Gasteiger partial charge in [0.15, 0.2) is 5.16 Å². The van der Waals surface area contributed by atoms with Crippen molar-refractivity contribution in [1.82, 2.24) is 9.55 Å². The van der Waals surface area contributed by atoms with Gasteiger partial charge in [0, 0.05) is 16.9 Å². The molecular weight excluding hydrogens is 541 g/mol. The molecule has 0 spiro atoms. The Kier molecular flexibility index (Phi) is 6.51. The minimum atomic E-state index is 0.897. The van der Waals surface area contributed by atoms with Crippen molar-refractivity contribution in [3.05, 3.63) is 163 Å². The predicted molar refractivity (Wildman–Crippen MR) is 180 cm³/mol. The summed E-state index contributed by atoms with van der Waals surface area (Å²) in [5.41, 5.74) is 14.2. The molecule has 8 rings (SSSR count). The molecule has 43 heavy (non-hydrogen) atoms. The maximum absolute atomic E-state index is 5.23. The number of fused-ring (bicyclic) bond motifs is 3. The van der Waals surface area contributed by atoms with E-state index in [0.717, 1.165) is 33.4 Å². The Morgan fingerprint density at radius 1 is 0.442 bits per heavy atom. The first-order valence-electron chi connectivity index (χ1n) is 14.6. The van der Waals surface area contributed by atoms with Crippen LogP contribution in [0.25, 0.3) is 61.6 Å². The zero-order chi connectivity index (χ0) is 28.6. The van der Waals surface area contributed by atoms with Crippen LogP contribution in [-0.4, -0.2) is 9.55 Å². The lowest BCUT2D eigenvalue weighted by molar-refractivity contribution is 0.878. The highest BCUT2D eigenvalue weighted by Gasteiger charge is 2.26.